The summed E-state index contributed by atoms with van der Waals surface area (Å²) in [6, 6.07) is 1.41. The molecular formula is C14H28N2O2S. The van der Waals surface area contributed by atoms with Gasteiger partial charge in [-0.2, -0.15) is 11.8 Å². The summed E-state index contributed by atoms with van der Waals surface area (Å²) in [6.45, 7) is 3.38. The maximum Gasteiger partial charge on any atom is 0.0900 e. The minimum atomic E-state index is -0.343. The van der Waals surface area contributed by atoms with Gasteiger partial charge in [-0.15, -0.1) is 0 Å². The van der Waals surface area contributed by atoms with Crippen LogP contribution in [0.4, 0.5) is 0 Å². The number of piperidine rings is 1. The smallest absolute Gasteiger partial charge is 0.0900 e. The van der Waals surface area contributed by atoms with E-state index in [9.17, 15) is 5.11 Å². The predicted octanol–water partition coefficient (Wildman–Crippen LogP) is 0.943. The summed E-state index contributed by atoms with van der Waals surface area (Å²) < 4.78 is 4.98. The molecule has 2 aliphatic heterocycles. The molecule has 112 valence electrons. The molecule has 0 radical (unpaired) electrons. The Morgan fingerprint density at radius 3 is 2.74 bits per heavy atom. The molecule has 2 heterocycles. The molecule has 0 bridgehead atoms. The zero-order valence-electron chi connectivity index (χ0n) is 12.0. The average Bonchev–Trinajstić information content (AvgIpc) is 2.42. The van der Waals surface area contributed by atoms with E-state index in [0.717, 1.165) is 25.7 Å². The zero-order valence-corrected chi connectivity index (χ0v) is 12.8. The molecule has 2 N–H and O–H groups in total. The van der Waals surface area contributed by atoms with Crippen LogP contribution in [0.25, 0.3) is 0 Å². The Hall–Kier alpha value is 0.190. The van der Waals surface area contributed by atoms with Crippen molar-refractivity contribution in [1.82, 2.24) is 10.2 Å². The van der Waals surface area contributed by atoms with Gasteiger partial charge in [-0.3, -0.25) is 0 Å². The van der Waals surface area contributed by atoms with Gasteiger partial charge in [0.1, 0.15) is 0 Å². The molecule has 0 aromatic rings. The molecule has 19 heavy (non-hydrogen) atoms. The predicted molar refractivity (Wildman–Crippen MR) is 80.8 cm³/mol. The first-order valence-corrected chi connectivity index (χ1v) is 8.66. The van der Waals surface area contributed by atoms with E-state index in [4.69, 9.17) is 4.74 Å². The van der Waals surface area contributed by atoms with Crippen LogP contribution in [0.5, 0.6) is 0 Å². The number of hydrogen-bond donors (Lipinski definition) is 2. The highest BCUT2D eigenvalue weighted by Crippen LogP contribution is 2.19. The molecule has 2 atom stereocenters. The van der Waals surface area contributed by atoms with Crippen molar-refractivity contribution in [3.8, 4) is 0 Å². The van der Waals surface area contributed by atoms with Gasteiger partial charge in [0.25, 0.3) is 0 Å². The Morgan fingerprint density at radius 1 is 1.32 bits per heavy atom. The van der Waals surface area contributed by atoms with Gasteiger partial charge < -0.3 is 20.1 Å². The topological polar surface area (TPSA) is 44.7 Å². The third-order valence-electron chi connectivity index (χ3n) is 4.05. The van der Waals surface area contributed by atoms with E-state index in [2.05, 4.69) is 22.0 Å². The van der Waals surface area contributed by atoms with Gasteiger partial charge in [0, 0.05) is 31.5 Å². The molecule has 2 saturated heterocycles. The van der Waals surface area contributed by atoms with E-state index in [1.807, 2.05) is 0 Å². The minimum Gasteiger partial charge on any atom is -0.389 e. The van der Waals surface area contributed by atoms with Gasteiger partial charge in [0.05, 0.1) is 12.7 Å². The van der Waals surface area contributed by atoms with Gasteiger partial charge in [-0.25, -0.2) is 0 Å². The van der Waals surface area contributed by atoms with Gasteiger partial charge in [-0.1, -0.05) is 0 Å². The first kappa shape index (κ1) is 15.6. The summed E-state index contributed by atoms with van der Waals surface area (Å²) in [7, 11) is 1.64. The lowest BCUT2D eigenvalue weighted by Crippen LogP contribution is -2.49. The van der Waals surface area contributed by atoms with Crippen molar-refractivity contribution in [3.63, 3.8) is 0 Å². The van der Waals surface area contributed by atoms with E-state index >= 15 is 0 Å². The summed E-state index contributed by atoms with van der Waals surface area (Å²) in [5.41, 5.74) is 0. The van der Waals surface area contributed by atoms with E-state index in [1.54, 1.807) is 7.11 Å². The lowest BCUT2D eigenvalue weighted by molar-refractivity contribution is 0.0307. The Kier molecular flexibility index (Phi) is 6.94. The van der Waals surface area contributed by atoms with Crippen LogP contribution in [-0.4, -0.2) is 73.1 Å². The fourth-order valence-electron chi connectivity index (χ4n) is 3.03. The number of ether oxygens (including phenoxy) is 1. The Labute approximate surface area is 121 Å². The van der Waals surface area contributed by atoms with Crippen molar-refractivity contribution in [3.05, 3.63) is 0 Å². The van der Waals surface area contributed by atoms with Crippen molar-refractivity contribution in [2.24, 2.45) is 0 Å². The van der Waals surface area contributed by atoms with Crippen LogP contribution >= 0.6 is 11.8 Å². The summed E-state index contributed by atoms with van der Waals surface area (Å²) in [5, 5.41) is 13.6. The largest absolute Gasteiger partial charge is 0.389 e. The average molecular weight is 288 g/mol. The third kappa shape index (κ3) is 5.60. The first-order valence-electron chi connectivity index (χ1n) is 7.51. The number of likely N-dealkylation sites (tertiary alicyclic amines) is 1. The SMILES string of the molecule is COCC(O)CN1CCC(NC2CCCSC2)CC1. The number of nitrogens with one attached hydrogen (secondary N) is 1. The van der Waals surface area contributed by atoms with Crippen LogP contribution in [0.1, 0.15) is 25.7 Å². The van der Waals surface area contributed by atoms with E-state index < -0.39 is 0 Å². The number of nitrogens with zero attached hydrogens (tertiary/aromatic N) is 1. The van der Waals surface area contributed by atoms with Gasteiger partial charge in [0.15, 0.2) is 0 Å². The van der Waals surface area contributed by atoms with Crippen LogP contribution in [0.3, 0.4) is 0 Å². The van der Waals surface area contributed by atoms with Gasteiger partial charge in [0.2, 0.25) is 0 Å². The van der Waals surface area contributed by atoms with E-state index in [1.165, 1.54) is 37.2 Å². The van der Waals surface area contributed by atoms with Crippen LogP contribution in [0.15, 0.2) is 0 Å². The van der Waals surface area contributed by atoms with Crippen LogP contribution in [0, 0.1) is 0 Å². The molecule has 2 unspecified atom stereocenters. The number of thioether (sulfide) groups is 1. The standard InChI is InChI=1S/C14H28N2O2S/c1-18-10-14(17)9-16-6-4-12(5-7-16)15-13-3-2-8-19-11-13/h12-15,17H,2-11H2,1H3. The molecule has 4 nitrogen and oxygen atoms in total. The van der Waals surface area contributed by atoms with E-state index in [-0.39, 0.29) is 6.10 Å². The minimum absolute atomic E-state index is 0.343. The molecule has 0 aliphatic carbocycles. The number of β-amino-alcohol motifs (C(OH)–C–C–N with tert-alkyl or cyclic N) is 1. The first-order chi connectivity index (χ1) is 9.28. The summed E-state index contributed by atoms with van der Waals surface area (Å²) in [6.07, 6.45) is 4.79. The summed E-state index contributed by atoms with van der Waals surface area (Å²) >= 11 is 2.09. The maximum atomic E-state index is 9.74. The Balaban J connectivity index is 1.61. The maximum absolute atomic E-state index is 9.74. The Morgan fingerprint density at radius 2 is 2.11 bits per heavy atom. The molecule has 5 heteroatoms. The highest BCUT2D eigenvalue weighted by molar-refractivity contribution is 7.99. The summed E-state index contributed by atoms with van der Waals surface area (Å²) in [4.78, 5) is 2.36. The van der Waals surface area contributed by atoms with Crippen LogP contribution in [0.2, 0.25) is 0 Å². The van der Waals surface area contributed by atoms with Crippen molar-refractivity contribution in [1.29, 1.82) is 0 Å². The normalized spacial score (nSPS) is 28.4. The fraction of sp³-hybridized carbons (Fsp3) is 1.00. The van der Waals surface area contributed by atoms with Crippen molar-refractivity contribution >= 4 is 11.8 Å². The molecule has 0 aromatic heterocycles. The van der Waals surface area contributed by atoms with Crippen LogP contribution in [-0.2, 0) is 4.74 Å². The molecule has 2 aliphatic rings. The van der Waals surface area contributed by atoms with Crippen molar-refractivity contribution in [2.45, 2.75) is 43.9 Å². The number of rotatable bonds is 6. The van der Waals surface area contributed by atoms with Gasteiger partial charge >= 0.3 is 0 Å². The Bertz CT molecular complexity index is 242. The molecule has 2 rings (SSSR count). The van der Waals surface area contributed by atoms with Crippen molar-refractivity contribution < 1.29 is 9.84 Å². The second kappa shape index (κ2) is 8.47. The molecular weight excluding hydrogens is 260 g/mol. The van der Waals surface area contributed by atoms with Gasteiger partial charge in [-0.05, 0) is 44.5 Å². The molecule has 0 spiro atoms. The quantitative estimate of drug-likeness (QED) is 0.762. The molecule has 0 saturated carbocycles. The number of hydrogen-bond acceptors (Lipinski definition) is 5. The lowest BCUT2D eigenvalue weighted by Gasteiger charge is -2.36. The monoisotopic (exact) mass is 288 g/mol. The molecule has 0 aromatic carbocycles. The zero-order chi connectivity index (χ0) is 13.5. The second-order valence-electron chi connectivity index (χ2n) is 5.76. The van der Waals surface area contributed by atoms with Crippen molar-refractivity contribution in [2.75, 3.05) is 44.9 Å². The van der Waals surface area contributed by atoms with Crippen LogP contribution < -0.4 is 5.32 Å². The molecule has 0 amide bonds. The van der Waals surface area contributed by atoms with E-state index in [0.29, 0.717) is 12.6 Å². The third-order valence-corrected chi connectivity index (χ3v) is 5.26. The summed E-state index contributed by atoms with van der Waals surface area (Å²) in [5.74, 6) is 2.63. The fourth-order valence-corrected chi connectivity index (χ4v) is 4.12. The number of methoxy groups -OCH3 is 1. The lowest BCUT2D eigenvalue weighted by atomic mass is 10.0. The highest BCUT2D eigenvalue weighted by Gasteiger charge is 2.23. The number of aliphatic hydroxyl groups is 1. The number of aliphatic hydroxyl groups excluding tert-OH is 1. The second-order valence-corrected chi connectivity index (χ2v) is 6.91. The molecule has 2 fully saturated rings. The highest BCUT2D eigenvalue weighted by atomic mass is 32.2.